The van der Waals surface area contributed by atoms with E-state index >= 15 is 0 Å². The number of carbonyl (C=O) groups excluding carboxylic acids is 3. The van der Waals surface area contributed by atoms with Crippen LogP contribution >= 0.6 is 0 Å². The predicted molar refractivity (Wildman–Crippen MR) is 118 cm³/mol. The average Bonchev–Trinajstić information content (AvgIpc) is 2.99. The maximum atomic E-state index is 13.4. The number of carbonyl (C=O) groups is 3. The number of Topliss-reactive ketones (excluding diaryl/α,β-unsaturated/α-hetero) is 1. The van der Waals surface area contributed by atoms with Gasteiger partial charge in [-0.25, -0.2) is 4.98 Å². The Morgan fingerprint density at radius 3 is 2.31 bits per heavy atom. The van der Waals surface area contributed by atoms with Gasteiger partial charge in [0.2, 0.25) is 5.95 Å². The summed E-state index contributed by atoms with van der Waals surface area (Å²) in [6.07, 6.45) is -5.07. The quantitative estimate of drug-likeness (QED) is 0.254. The van der Waals surface area contributed by atoms with Gasteiger partial charge in [0, 0.05) is 24.3 Å². The van der Waals surface area contributed by atoms with E-state index in [0.29, 0.717) is 5.69 Å². The summed E-state index contributed by atoms with van der Waals surface area (Å²) >= 11 is 0. The van der Waals surface area contributed by atoms with E-state index in [1.807, 2.05) is 0 Å². The standard InChI is InChI=1S/C23H26F4N4O4/c1-11-9-15(10-28-19(11)24)30-20(33)16-12(2)17(31(4)13(16)3)18(32)21(34)29-14-5-7-22(35,8-6-14)23(25,26)27/h9-10,14,35H,5-8H2,1-4H3,(H,29,34)(H,30,33). The molecular weight excluding hydrogens is 472 g/mol. The summed E-state index contributed by atoms with van der Waals surface area (Å²) in [6.45, 7) is 4.58. The molecule has 35 heavy (non-hydrogen) atoms. The van der Waals surface area contributed by atoms with Gasteiger partial charge in [-0.05, 0) is 58.1 Å². The van der Waals surface area contributed by atoms with Crippen molar-refractivity contribution in [1.29, 1.82) is 0 Å². The fourth-order valence-corrected chi connectivity index (χ4v) is 4.34. The third-order valence-corrected chi connectivity index (χ3v) is 6.53. The largest absolute Gasteiger partial charge is 0.417 e. The molecule has 0 bridgehead atoms. The van der Waals surface area contributed by atoms with Gasteiger partial charge in [0.05, 0.1) is 23.1 Å². The number of ketones is 1. The van der Waals surface area contributed by atoms with E-state index in [0.717, 1.165) is 6.20 Å². The predicted octanol–water partition coefficient (Wildman–Crippen LogP) is 3.27. The Balaban J connectivity index is 1.75. The Kier molecular flexibility index (Phi) is 7.07. The minimum absolute atomic E-state index is 0.0406. The lowest BCUT2D eigenvalue weighted by Gasteiger charge is -2.37. The maximum Gasteiger partial charge on any atom is 0.417 e. The highest BCUT2D eigenvalue weighted by Gasteiger charge is 2.54. The first-order chi connectivity index (χ1) is 16.2. The Labute approximate surface area is 198 Å². The molecule has 0 atom stereocenters. The molecule has 2 amide bonds. The average molecular weight is 498 g/mol. The molecule has 1 saturated carbocycles. The van der Waals surface area contributed by atoms with E-state index in [-0.39, 0.29) is 40.9 Å². The SMILES string of the molecule is Cc1cc(NC(=O)c2c(C)c(C(=O)C(=O)NC3CCC(O)(C(F)(F)F)CC3)n(C)c2C)cnc1F. The van der Waals surface area contributed by atoms with Gasteiger partial charge in [0.15, 0.2) is 5.60 Å². The molecular formula is C23H26F4N4O4. The molecule has 190 valence electrons. The van der Waals surface area contributed by atoms with Crippen LogP contribution in [-0.4, -0.2) is 50.1 Å². The van der Waals surface area contributed by atoms with Crippen molar-refractivity contribution in [1.82, 2.24) is 14.9 Å². The monoisotopic (exact) mass is 498 g/mol. The number of halogens is 4. The summed E-state index contributed by atoms with van der Waals surface area (Å²) in [7, 11) is 1.51. The smallest absolute Gasteiger partial charge is 0.380 e. The third kappa shape index (κ3) is 5.07. The van der Waals surface area contributed by atoms with Crippen molar-refractivity contribution in [2.24, 2.45) is 7.05 Å². The molecule has 0 unspecified atom stereocenters. The molecule has 1 fully saturated rings. The summed E-state index contributed by atoms with van der Waals surface area (Å²) in [6, 6.07) is 0.699. The Hall–Kier alpha value is -3.28. The van der Waals surface area contributed by atoms with E-state index in [4.69, 9.17) is 0 Å². The zero-order chi connectivity index (χ0) is 26.3. The molecule has 2 aromatic rings. The van der Waals surface area contributed by atoms with Crippen molar-refractivity contribution >= 4 is 23.3 Å². The molecule has 0 aromatic carbocycles. The van der Waals surface area contributed by atoms with Gasteiger partial charge < -0.3 is 20.3 Å². The molecule has 3 N–H and O–H groups in total. The van der Waals surface area contributed by atoms with Crippen molar-refractivity contribution in [2.75, 3.05) is 5.32 Å². The number of nitrogens with one attached hydrogen (secondary N) is 2. The number of pyridine rings is 1. The number of aromatic nitrogens is 2. The minimum Gasteiger partial charge on any atom is -0.380 e. The highest BCUT2D eigenvalue weighted by molar-refractivity contribution is 6.43. The highest BCUT2D eigenvalue weighted by atomic mass is 19.4. The van der Waals surface area contributed by atoms with Crippen LogP contribution in [0.1, 0.15) is 63.4 Å². The first-order valence-electron chi connectivity index (χ1n) is 10.9. The Morgan fingerprint density at radius 2 is 1.77 bits per heavy atom. The van der Waals surface area contributed by atoms with Crippen LogP contribution in [-0.2, 0) is 11.8 Å². The lowest BCUT2D eigenvalue weighted by Crippen LogP contribution is -2.52. The fraction of sp³-hybridized carbons (Fsp3) is 0.478. The number of aryl methyl sites for hydroxylation is 1. The van der Waals surface area contributed by atoms with Gasteiger partial charge in [0.25, 0.3) is 17.6 Å². The summed E-state index contributed by atoms with van der Waals surface area (Å²) < 4.78 is 53.8. The first kappa shape index (κ1) is 26.3. The van der Waals surface area contributed by atoms with Gasteiger partial charge in [-0.15, -0.1) is 0 Å². The topological polar surface area (TPSA) is 113 Å². The van der Waals surface area contributed by atoms with Gasteiger partial charge >= 0.3 is 6.18 Å². The molecule has 0 spiro atoms. The molecule has 8 nitrogen and oxygen atoms in total. The van der Waals surface area contributed by atoms with Crippen molar-refractivity contribution < 1.29 is 37.1 Å². The summed E-state index contributed by atoms with van der Waals surface area (Å²) in [4.78, 5) is 42.0. The first-order valence-corrected chi connectivity index (χ1v) is 10.9. The van der Waals surface area contributed by atoms with Gasteiger partial charge in [-0.2, -0.15) is 17.6 Å². The van der Waals surface area contributed by atoms with Gasteiger partial charge in [0.1, 0.15) is 0 Å². The van der Waals surface area contributed by atoms with Crippen LogP contribution in [0.15, 0.2) is 12.3 Å². The van der Waals surface area contributed by atoms with Crippen LogP contribution in [0.4, 0.5) is 23.2 Å². The van der Waals surface area contributed by atoms with Crippen LogP contribution < -0.4 is 10.6 Å². The van der Waals surface area contributed by atoms with Gasteiger partial charge in [-0.3, -0.25) is 14.4 Å². The molecule has 2 heterocycles. The molecule has 12 heteroatoms. The van der Waals surface area contributed by atoms with Crippen LogP contribution in [0, 0.1) is 26.7 Å². The molecule has 0 aliphatic heterocycles. The van der Waals surface area contributed by atoms with Gasteiger partial charge in [-0.1, -0.05) is 0 Å². The number of hydrogen-bond donors (Lipinski definition) is 3. The van der Waals surface area contributed by atoms with Crippen molar-refractivity contribution in [3.63, 3.8) is 0 Å². The molecule has 1 aliphatic carbocycles. The number of anilines is 1. The lowest BCUT2D eigenvalue weighted by molar-refractivity contribution is -0.270. The zero-order valence-corrected chi connectivity index (χ0v) is 19.6. The summed E-state index contributed by atoms with van der Waals surface area (Å²) in [5, 5.41) is 14.8. The number of nitrogens with zero attached hydrogens (tertiary/aromatic N) is 2. The lowest BCUT2D eigenvalue weighted by atomic mass is 9.81. The van der Waals surface area contributed by atoms with Crippen molar-refractivity contribution in [3.05, 3.63) is 46.3 Å². The Morgan fingerprint density at radius 1 is 1.17 bits per heavy atom. The fourth-order valence-electron chi connectivity index (χ4n) is 4.34. The van der Waals surface area contributed by atoms with E-state index in [1.165, 1.54) is 31.5 Å². The molecule has 0 saturated heterocycles. The number of hydrogen-bond acceptors (Lipinski definition) is 5. The molecule has 0 radical (unpaired) electrons. The van der Waals surface area contributed by atoms with Crippen LogP contribution in [0.5, 0.6) is 0 Å². The second-order valence-electron chi connectivity index (χ2n) is 8.89. The second-order valence-corrected chi connectivity index (χ2v) is 8.89. The highest BCUT2D eigenvalue weighted by Crippen LogP contribution is 2.41. The van der Waals surface area contributed by atoms with E-state index < -0.39 is 54.2 Å². The molecule has 3 rings (SSSR count). The van der Waals surface area contributed by atoms with Crippen LogP contribution in [0.3, 0.4) is 0 Å². The van der Waals surface area contributed by atoms with Crippen molar-refractivity contribution in [2.45, 2.75) is 64.3 Å². The Bertz CT molecular complexity index is 1180. The third-order valence-electron chi connectivity index (χ3n) is 6.53. The normalized spacial score (nSPS) is 20.4. The van der Waals surface area contributed by atoms with Crippen LogP contribution in [0.25, 0.3) is 0 Å². The second kappa shape index (κ2) is 9.40. The minimum atomic E-state index is -4.77. The summed E-state index contributed by atoms with van der Waals surface area (Å²) in [5.41, 5.74) is -1.57. The number of rotatable bonds is 5. The van der Waals surface area contributed by atoms with Crippen LogP contribution in [0.2, 0.25) is 0 Å². The number of aliphatic hydroxyl groups is 1. The van der Waals surface area contributed by atoms with E-state index in [1.54, 1.807) is 6.92 Å². The van der Waals surface area contributed by atoms with E-state index in [2.05, 4.69) is 15.6 Å². The van der Waals surface area contributed by atoms with Crippen molar-refractivity contribution in [3.8, 4) is 0 Å². The van der Waals surface area contributed by atoms with E-state index in [9.17, 15) is 37.1 Å². The number of alkyl halides is 3. The molecule has 2 aromatic heterocycles. The zero-order valence-electron chi connectivity index (χ0n) is 19.6. The number of amides is 2. The maximum absolute atomic E-state index is 13.4. The molecule has 1 aliphatic rings. The summed E-state index contributed by atoms with van der Waals surface area (Å²) in [5.74, 6) is -3.21.